The number of nitrogens with zero attached hydrogens (tertiary/aromatic N) is 5. The molecular formula is C19H16N8. The zero-order valence-corrected chi connectivity index (χ0v) is 14.3. The summed E-state index contributed by atoms with van der Waals surface area (Å²) in [5.41, 5.74) is 3.50. The van der Waals surface area contributed by atoms with Crippen LogP contribution in [0.3, 0.4) is 0 Å². The topological polar surface area (TPSA) is 106 Å². The molecule has 8 nitrogen and oxygen atoms in total. The van der Waals surface area contributed by atoms with Gasteiger partial charge < -0.3 is 10.3 Å². The molecule has 0 unspecified atom stereocenters. The fourth-order valence-electron chi connectivity index (χ4n) is 2.53. The minimum Gasteiger partial charge on any atom is -0.340 e. The Morgan fingerprint density at radius 1 is 1.15 bits per heavy atom. The number of aromatic nitrogens is 3. The first kappa shape index (κ1) is 16.4. The summed E-state index contributed by atoms with van der Waals surface area (Å²) in [5, 5.41) is 19.6. The van der Waals surface area contributed by atoms with E-state index in [1.807, 2.05) is 24.3 Å². The molecule has 1 aromatic carbocycles. The Balaban J connectivity index is 1.65. The van der Waals surface area contributed by atoms with Crippen molar-refractivity contribution in [2.45, 2.75) is 0 Å². The number of fused-ring (bicyclic) bond motifs is 2. The standard InChI is InChI=1S/C19H16N8/c1-2-15-10-14-12-23-27-18(5-6-20-7-8-21-19(14)25-15)24-16-3-4-17-13(9-16)11-22-26-17/h2-12H,1H2,(H,21,25)(H,22,26)(H,24,27). The Morgan fingerprint density at radius 2 is 2.11 bits per heavy atom. The predicted molar refractivity (Wildman–Crippen MR) is 111 cm³/mol. The van der Waals surface area contributed by atoms with Crippen LogP contribution in [0.4, 0.5) is 11.5 Å². The first-order valence-electron chi connectivity index (χ1n) is 8.21. The number of amidine groups is 1. The lowest BCUT2D eigenvalue weighted by molar-refractivity contribution is 1.12. The monoisotopic (exact) mass is 356 g/mol. The van der Waals surface area contributed by atoms with Gasteiger partial charge in [0, 0.05) is 47.0 Å². The Morgan fingerprint density at radius 3 is 3.04 bits per heavy atom. The first-order valence-corrected chi connectivity index (χ1v) is 8.21. The second-order valence-electron chi connectivity index (χ2n) is 5.65. The molecule has 0 amide bonds. The van der Waals surface area contributed by atoms with Crippen LogP contribution >= 0.6 is 0 Å². The predicted octanol–water partition coefficient (Wildman–Crippen LogP) is 3.68. The molecule has 0 aliphatic carbocycles. The Kier molecular flexibility index (Phi) is 4.52. The van der Waals surface area contributed by atoms with Crippen LogP contribution in [0.15, 0.2) is 69.5 Å². The molecule has 3 heterocycles. The summed E-state index contributed by atoms with van der Waals surface area (Å²) >= 11 is 0. The molecule has 0 spiro atoms. The average molecular weight is 356 g/mol. The zero-order chi connectivity index (χ0) is 18.5. The van der Waals surface area contributed by atoms with Crippen LogP contribution in [0.5, 0.6) is 0 Å². The lowest BCUT2D eigenvalue weighted by Crippen LogP contribution is -2.08. The lowest BCUT2D eigenvalue weighted by Gasteiger charge is -2.05. The fraction of sp³-hybridized carbons (Fsp3) is 0. The van der Waals surface area contributed by atoms with E-state index in [1.54, 1.807) is 43.2 Å². The van der Waals surface area contributed by atoms with Gasteiger partial charge in [0.1, 0.15) is 5.82 Å². The van der Waals surface area contributed by atoms with Crippen molar-refractivity contribution < 1.29 is 0 Å². The number of nitrogens with one attached hydrogen (secondary N) is 3. The van der Waals surface area contributed by atoms with Crippen molar-refractivity contribution in [2.75, 3.05) is 5.32 Å². The van der Waals surface area contributed by atoms with Crippen LogP contribution in [0.2, 0.25) is 0 Å². The number of aromatic amines is 2. The van der Waals surface area contributed by atoms with E-state index in [0.717, 1.165) is 27.8 Å². The number of hydrogen-bond acceptors (Lipinski definition) is 6. The SMILES string of the molecule is C=Cc1cc2c([nH]1)/N=C/C=N/C=C\C(Nc1ccc3[nH]ncc3c1)=N/N=C\2. The van der Waals surface area contributed by atoms with E-state index in [1.165, 1.54) is 0 Å². The molecule has 2 aromatic heterocycles. The molecule has 0 saturated carbocycles. The summed E-state index contributed by atoms with van der Waals surface area (Å²) in [7, 11) is 0. The maximum absolute atomic E-state index is 4.32. The second kappa shape index (κ2) is 7.44. The van der Waals surface area contributed by atoms with Gasteiger partial charge in [-0.25, -0.2) is 4.99 Å². The third-order valence-electron chi connectivity index (χ3n) is 3.82. The van der Waals surface area contributed by atoms with E-state index in [0.29, 0.717) is 11.7 Å². The number of H-pyrrole nitrogens is 2. The van der Waals surface area contributed by atoms with E-state index in [2.05, 4.69) is 47.3 Å². The molecule has 0 radical (unpaired) electrons. The van der Waals surface area contributed by atoms with Crippen LogP contribution in [0, 0.1) is 0 Å². The molecule has 27 heavy (non-hydrogen) atoms. The normalized spacial score (nSPS) is 20.4. The van der Waals surface area contributed by atoms with Crippen molar-refractivity contribution in [3.8, 4) is 0 Å². The van der Waals surface area contributed by atoms with Crippen molar-refractivity contribution in [1.29, 1.82) is 0 Å². The second-order valence-corrected chi connectivity index (χ2v) is 5.65. The summed E-state index contributed by atoms with van der Waals surface area (Å²) in [6, 6.07) is 7.77. The molecule has 1 aliphatic rings. The minimum atomic E-state index is 0.546. The van der Waals surface area contributed by atoms with Gasteiger partial charge in [0.2, 0.25) is 0 Å². The molecule has 0 bridgehead atoms. The summed E-state index contributed by atoms with van der Waals surface area (Å²) in [6.07, 6.45) is 11.7. The maximum Gasteiger partial charge on any atom is 0.154 e. The molecule has 1 aliphatic heterocycles. The summed E-state index contributed by atoms with van der Waals surface area (Å²) in [6.45, 7) is 3.76. The lowest BCUT2D eigenvalue weighted by atomic mass is 10.2. The van der Waals surface area contributed by atoms with E-state index >= 15 is 0 Å². The van der Waals surface area contributed by atoms with Gasteiger partial charge in [-0.15, -0.1) is 5.10 Å². The van der Waals surface area contributed by atoms with Gasteiger partial charge in [0.25, 0.3) is 0 Å². The molecule has 0 atom stereocenters. The van der Waals surface area contributed by atoms with Gasteiger partial charge in [-0.1, -0.05) is 6.58 Å². The molecule has 3 N–H and O–H groups in total. The Labute approximate surface area is 154 Å². The third kappa shape index (κ3) is 3.79. The highest BCUT2D eigenvalue weighted by Crippen LogP contribution is 2.19. The van der Waals surface area contributed by atoms with E-state index in [9.17, 15) is 0 Å². The number of anilines is 1. The van der Waals surface area contributed by atoms with Crippen molar-refractivity contribution in [3.05, 3.63) is 60.6 Å². The van der Waals surface area contributed by atoms with Crippen LogP contribution in [0.25, 0.3) is 17.0 Å². The van der Waals surface area contributed by atoms with E-state index in [-0.39, 0.29) is 0 Å². The van der Waals surface area contributed by atoms with E-state index < -0.39 is 0 Å². The molecular weight excluding hydrogens is 340 g/mol. The summed E-state index contributed by atoms with van der Waals surface area (Å²) in [4.78, 5) is 11.6. The van der Waals surface area contributed by atoms with Crippen molar-refractivity contribution in [1.82, 2.24) is 15.2 Å². The van der Waals surface area contributed by atoms with Crippen LogP contribution in [0.1, 0.15) is 11.3 Å². The summed E-state index contributed by atoms with van der Waals surface area (Å²) < 4.78 is 0. The highest BCUT2D eigenvalue weighted by Gasteiger charge is 2.04. The molecule has 132 valence electrons. The Bertz CT molecular complexity index is 1120. The molecule has 8 heteroatoms. The van der Waals surface area contributed by atoms with Gasteiger partial charge >= 0.3 is 0 Å². The van der Waals surface area contributed by atoms with E-state index in [4.69, 9.17) is 0 Å². The van der Waals surface area contributed by atoms with Crippen molar-refractivity contribution >= 4 is 53.0 Å². The van der Waals surface area contributed by atoms with Gasteiger partial charge in [-0.05, 0) is 30.3 Å². The molecule has 3 aromatic rings. The highest BCUT2D eigenvalue weighted by molar-refractivity contribution is 6.17. The quantitative estimate of drug-likeness (QED) is 0.651. The van der Waals surface area contributed by atoms with Crippen molar-refractivity contribution in [2.24, 2.45) is 20.2 Å². The fourth-order valence-corrected chi connectivity index (χ4v) is 2.53. The third-order valence-corrected chi connectivity index (χ3v) is 3.82. The van der Waals surface area contributed by atoms with Crippen LogP contribution in [-0.2, 0) is 0 Å². The number of benzene rings is 1. The van der Waals surface area contributed by atoms with Crippen LogP contribution < -0.4 is 5.32 Å². The van der Waals surface area contributed by atoms with Crippen molar-refractivity contribution in [3.63, 3.8) is 0 Å². The number of hydrogen-bond donors (Lipinski definition) is 3. The number of aliphatic imine (C=N–C) groups is 2. The minimum absolute atomic E-state index is 0.546. The zero-order valence-electron chi connectivity index (χ0n) is 14.3. The highest BCUT2D eigenvalue weighted by atomic mass is 15.2. The van der Waals surface area contributed by atoms with Crippen LogP contribution in [-0.4, -0.2) is 39.7 Å². The first-order chi connectivity index (χ1) is 13.3. The summed E-state index contributed by atoms with van der Waals surface area (Å²) in [5.74, 6) is 1.21. The largest absolute Gasteiger partial charge is 0.340 e. The smallest absolute Gasteiger partial charge is 0.154 e. The number of rotatable bonds is 2. The van der Waals surface area contributed by atoms with Gasteiger partial charge in [-0.3, -0.25) is 10.1 Å². The molecule has 4 rings (SSSR count). The van der Waals surface area contributed by atoms with Gasteiger partial charge in [-0.2, -0.15) is 10.2 Å². The van der Waals surface area contributed by atoms with Gasteiger partial charge in [0.15, 0.2) is 5.84 Å². The average Bonchev–Trinajstić information content (AvgIpc) is 3.29. The molecule has 0 saturated heterocycles. The van der Waals surface area contributed by atoms with Gasteiger partial charge in [0.05, 0.1) is 17.9 Å². The maximum atomic E-state index is 4.32. The Hall–Kier alpha value is -4.07. The molecule has 0 fully saturated rings.